The van der Waals surface area contributed by atoms with E-state index in [0.29, 0.717) is 0 Å². The lowest BCUT2D eigenvalue weighted by atomic mass is 10.2. The lowest BCUT2D eigenvalue weighted by Crippen LogP contribution is -2.01. The lowest BCUT2D eigenvalue weighted by molar-refractivity contribution is 0.969. The Labute approximate surface area is 61.1 Å². The smallest absolute Gasteiger partial charge is 0.0429 e. The van der Waals surface area contributed by atoms with Crippen molar-refractivity contribution in [1.29, 1.82) is 0 Å². The van der Waals surface area contributed by atoms with Crippen LogP contribution in [0.1, 0.15) is 11.0 Å². The Hall–Kier alpha value is -0.820. The first-order valence-electron chi connectivity index (χ1n) is 4.70. The van der Waals surface area contributed by atoms with Crippen LogP contribution in [0.15, 0.2) is 30.3 Å². The molecule has 0 aromatic heterocycles. The summed E-state index contributed by atoms with van der Waals surface area (Å²) < 4.78 is 29.3. The maximum Gasteiger partial charge on any atom is 0.0429 e. The fourth-order valence-corrected chi connectivity index (χ4v) is 0.605. The molecule has 0 fully saturated rings. The van der Waals surface area contributed by atoms with E-state index in [4.69, 9.17) is 11.2 Å². The Morgan fingerprint density at radius 3 is 2.56 bits per heavy atom. The van der Waals surface area contributed by atoms with Crippen LogP contribution in [0.25, 0.3) is 0 Å². The zero-order chi connectivity index (χ0) is 10.1. The van der Waals surface area contributed by atoms with E-state index in [2.05, 4.69) is 0 Å². The third kappa shape index (κ3) is 1.86. The van der Waals surface area contributed by atoms with E-state index in [-0.39, 0.29) is 5.56 Å². The van der Waals surface area contributed by atoms with E-state index in [9.17, 15) is 0 Å². The van der Waals surface area contributed by atoms with Crippen LogP contribution in [-0.2, 0) is 6.37 Å². The van der Waals surface area contributed by atoms with E-state index >= 15 is 0 Å². The fourth-order valence-electron chi connectivity index (χ4n) is 0.605. The van der Waals surface area contributed by atoms with Crippen molar-refractivity contribution in [3.63, 3.8) is 0 Å². The second-order valence-corrected chi connectivity index (χ2v) is 1.64. The van der Waals surface area contributed by atoms with Crippen molar-refractivity contribution >= 4 is 0 Å². The highest BCUT2D eigenvalue weighted by molar-refractivity contribution is 5.14. The summed E-state index contributed by atoms with van der Waals surface area (Å²) in [6.07, 6.45) is -2.16. The fraction of sp³-hybridized carbons (Fsp3) is 0.250. The Morgan fingerprint density at radius 2 is 2.00 bits per heavy atom. The molecule has 1 heteroatoms. The molecule has 0 heterocycles. The summed E-state index contributed by atoms with van der Waals surface area (Å²) in [6, 6.07) is 8.08. The van der Waals surface area contributed by atoms with Crippen LogP contribution in [0.5, 0.6) is 0 Å². The van der Waals surface area contributed by atoms with Crippen LogP contribution in [0.2, 0.25) is 0 Å². The van der Waals surface area contributed by atoms with E-state index in [0.717, 1.165) is 0 Å². The van der Waals surface area contributed by atoms with Crippen LogP contribution < -0.4 is 5.73 Å². The van der Waals surface area contributed by atoms with E-state index in [1.165, 1.54) is 12.1 Å². The van der Waals surface area contributed by atoms with Gasteiger partial charge in [0.1, 0.15) is 0 Å². The summed E-state index contributed by atoms with van der Waals surface area (Å²) >= 11 is 0. The monoisotopic (exact) mass is 125 g/mol. The van der Waals surface area contributed by atoms with Gasteiger partial charge < -0.3 is 5.73 Å². The molecule has 2 N–H and O–H groups in total. The number of rotatable bonds is 2. The summed E-state index contributed by atoms with van der Waals surface area (Å²) in [5.41, 5.74) is 5.36. The third-order valence-electron chi connectivity index (χ3n) is 0.990. The minimum absolute atomic E-state index is 0.252. The van der Waals surface area contributed by atoms with Crippen LogP contribution in [0.3, 0.4) is 0 Å². The van der Waals surface area contributed by atoms with Crippen LogP contribution in [-0.4, -0.2) is 6.50 Å². The predicted molar refractivity (Wildman–Crippen MR) is 39.2 cm³/mol. The van der Waals surface area contributed by atoms with Crippen molar-refractivity contribution < 1.29 is 5.48 Å². The minimum atomic E-state index is -2.37. The Bertz CT molecular complexity index is 278. The molecule has 1 nitrogen and oxygen atoms in total. The number of hydrogen-bond acceptors (Lipinski definition) is 1. The van der Waals surface area contributed by atoms with Gasteiger partial charge in [0.15, 0.2) is 0 Å². The Morgan fingerprint density at radius 1 is 1.33 bits per heavy atom. The number of hydrogen-bond donors (Lipinski definition) is 1. The quantitative estimate of drug-likeness (QED) is 0.631. The molecule has 0 radical (unpaired) electrons. The zero-order valence-corrected chi connectivity index (χ0v) is 4.96. The summed E-state index contributed by atoms with van der Waals surface area (Å²) in [5.74, 6) is 0. The van der Waals surface area contributed by atoms with E-state index in [1.807, 2.05) is 0 Å². The molecule has 0 spiro atoms. The van der Waals surface area contributed by atoms with Crippen LogP contribution in [0, 0.1) is 0 Å². The molecule has 0 unspecified atom stereocenters. The molecule has 1 aromatic carbocycles. The van der Waals surface area contributed by atoms with Gasteiger partial charge in [-0.25, -0.2) is 0 Å². The second kappa shape index (κ2) is 3.25. The van der Waals surface area contributed by atoms with Crippen molar-refractivity contribution in [1.82, 2.24) is 0 Å². The summed E-state index contributed by atoms with van der Waals surface area (Å²) in [7, 11) is 0. The van der Waals surface area contributed by atoms with E-state index in [1.54, 1.807) is 18.2 Å². The van der Waals surface area contributed by atoms with Crippen molar-refractivity contribution in [2.45, 2.75) is 6.37 Å². The zero-order valence-electron chi connectivity index (χ0n) is 8.96. The summed E-state index contributed by atoms with van der Waals surface area (Å²) in [5, 5.41) is 0. The molecular weight excluding hydrogens is 110 g/mol. The molecule has 0 amide bonds. The molecule has 0 saturated heterocycles. The molecule has 0 bridgehead atoms. The van der Waals surface area contributed by atoms with E-state index < -0.39 is 12.9 Å². The van der Waals surface area contributed by atoms with Gasteiger partial charge in [-0.05, 0) is 18.4 Å². The predicted octanol–water partition coefficient (Wildman–Crippen LogP) is 1.19. The van der Waals surface area contributed by atoms with Gasteiger partial charge in [-0.1, -0.05) is 30.3 Å². The minimum Gasteiger partial charge on any atom is -0.330 e. The van der Waals surface area contributed by atoms with Crippen molar-refractivity contribution in [3.05, 3.63) is 35.9 Å². The maximum atomic E-state index is 7.49. The summed E-state index contributed by atoms with van der Waals surface area (Å²) in [4.78, 5) is 0. The first-order valence-corrected chi connectivity index (χ1v) is 2.70. The van der Waals surface area contributed by atoms with Gasteiger partial charge in [0.25, 0.3) is 0 Å². The SMILES string of the molecule is [2H]C([2H])(N)C([2H])([2H])c1ccccc1. The average Bonchev–Trinajstić information content (AvgIpc) is 2.04. The van der Waals surface area contributed by atoms with Gasteiger partial charge in [-0.3, -0.25) is 0 Å². The number of benzene rings is 1. The molecule has 0 saturated carbocycles. The van der Waals surface area contributed by atoms with Gasteiger partial charge in [0.05, 0.1) is 0 Å². The molecular formula is C8H11N. The van der Waals surface area contributed by atoms with Crippen molar-refractivity contribution in [2.24, 2.45) is 5.73 Å². The number of aryl methyl sites for hydroxylation is 1. The van der Waals surface area contributed by atoms with Crippen molar-refractivity contribution in [3.8, 4) is 0 Å². The lowest BCUT2D eigenvalue weighted by Gasteiger charge is -1.93. The van der Waals surface area contributed by atoms with Gasteiger partial charge >= 0.3 is 0 Å². The molecule has 9 heavy (non-hydrogen) atoms. The highest BCUT2D eigenvalue weighted by Gasteiger charge is 1.84. The highest BCUT2D eigenvalue weighted by Crippen LogP contribution is 1.96. The Balaban J connectivity index is 3.08. The molecule has 0 aliphatic carbocycles. The van der Waals surface area contributed by atoms with Gasteiger partial charge in [0, 0.05) is 5.48 Å². The summed E-state index contributed by atoms with van der Waals surface area (Å²) in [6.45, 7) is -2.37. The standard InChI is InChI=1S/C8H11N/c9-7-6-8-4-2-1-3-5-8/h1-5H,6-7,9H2/i6D2,7D2. The Kier molecular flexibility index (Phi) is 1.03. The topological polar surface area (TPSA) is 26.0 Å². The molecule has 1 aromatic rings. The largest absolute Gasteiger partial charge is 0.330 e. The second-order valence-electron chi connectivity index (χ2n) is 1.64. The highest BCUT2D eigenvalue weighted by atomic mass is 14.5. The molecule has 48 valence electrons. The van der Waals surface area contributed by atoms with Crippen molar-refractivity contribution in [2.75, 3.05) is 6.50 Å². The first kappa shape index (κ1) is 2.84. The van der Waals surface area contributed by atoms with Gasteiger partial charge in [-0.2, -0.15) is 0 Å². The average molecular weight is 125 g/mol. The molecule has 1 rings (SSSR count). The maximum absolute atomic E-state index is 7.49. The normalized spacial score (nSPS) is 19.2. The number of nitrogens with two attached hydrogens (primary N) is 1. The van der Waals surface area contributed by atoms with Gasteiger partial charge in [-0.15, -0.1) is 0 Å². The third-order valence-corrected chi connectivity index (χ3v) is 0.990. The van der Waals surface area contributed by atoms with Gasteiger partial charge in [0.2, 0.25) is 0 Å². The van der Waals surface area contributed by atoms with Crippen LogP contribution in [0.4, 0.5) is 0 Å². The molecule has 0 atom stereocenters. The molecule has 0 aliphatic rings. The first-order chi connectivity index (χ1) is 5.86. The van der Waals surface area contributed by atoms with Crippen LogP contribution >= 0.6 is 0 Å². The molecule has 0 aliphatic heterocycles.